The molecular formula is C8H6BrClN2O. The molecule has 1 aromatic heterocycles. The van der Waals surface area contributed by atoms with Crippen molar-refractivity contribution in [2.45, 2.75) is 0 Å². The standard InChI is InChI=1S/C8H6BrClN2O/c1-12-7-5(9)2-4(10)3-6(7)11-8(12)13/h2-3H,1H3,(H,11,13). The number of benzene rings is 1. The summed E-state index contributed by atoms with van der Waals surface area (Å²) in [7, 11) is 1.71. The van der Waals surface area contributed by atoms with Crippen molar-refractivity contribution in [3.05, 3.63) is 32.1 Å². The molecule has 0 amide bonds. The first-order valence-corrected chi connectivity index (χ1v) is 4.80. The van der Waals surface area contributed by atoms with E-state index in [-0.39, 0.29) is 5.69 Å². The molecule has 0 saturated carbocycles. The molecule has 2 aromatic rings. The van der Waals surface area contributed by atoms with Gasteiger partial charge in [-0.3, -0.25) is 4.57 Å². The molecule has 1 aromatic carbocycles. The zero-order chi connectivity index (χ0) is 9.59. The highest BCUT2D eigenvalue weighted by Crippen LogP contribution is 2.25. The van der Waals surface area contributed by atoms with Crippen LogP contribution in [-0.4, -0.2) is 9.55 Å². The highest BCUT2D eigenvalue weighted by molar-refractivity contribution is 9.10. The number of hydrogen-bond donors (Lipinski definition) is 1. The van der Waals surface area contributed by atoms with E-state index in [4.69, 9.17) is 11.6 Å². The highest BCUT2D eigenvalue weighted by atomic mass is 79.9. The van der Waals surface area contributed by atoms with E-state index in [9.17, 15) is 4.79 Å². The maximum atomic E-state index is 11.2. The summed E-state index contributed by atoms with van der Waals surface area (Å²) >= 11 is 9.17. The van der Waals surface area contributed by atoms with Gasteiger partial charge >= 0.3 is 5.69 Å². The SMILES string of the molecule is Cn1c(=O)[nH]c2cc(Cl)cc(Br)c21. The van der Waals surface area contributed by atoms with Gasteiger partial charge in [-0.1, -0.05) is 11.6 Å². The topological polar surface area (TPSA) is 37.8 Å². The lowest BCUT2D eigenvalue weighted by Gasteiger charge is -1.97. The fourth-order valence-corrected chi connectivity index (χ4v) is 2.38. The number of aromatic nitrogens is 2. The quantitative estimate of drug-likeness (QED) is 0.776. The Hall–Kier alpha value is -0.740. The molecule has 0 atom stereocenters. The summed E-state index contributed by atoms with van der Waals surface area (Å²) in [5.74, 6) is 0. The minimum atomic E-state index is -0.141. The largest absolute Gasteiger partial charge is 0.326 e. The Bertz CT molecular complexity index is 529. The smallest absolute Gasteiger partial charge is 0.305 e. The third kappa shape index (κ3) is 1.30. The Morgan fingerprint density at radius 1 is 1.54 bits per heavy atom. The van der Waals surface area contributed by atoms with Crippen molar-refractivity contribution >= 4 is 38.6 Å². The number of imidazole rings is 1. The van der Waals surface area contributed by atoms with Gasteiger partial charge in [0.1, 0.15) is 0 Å². The third-order valence-corrected chi connectivity index (χ3v) is 2.73. The molecule has 1 heterocycles. The average Bonchev–Trinajstić information content (AvgIpc) is 2.27. The van der Waals surface area contributed by atoms with E-state index in [2.05, 4.69) is 20.9 Å². The molecule has 0 fully saturated rings. The maximum Gasteiger partial charge on any atom is 0.326 e. The molecule has 0 aliphatic rings. The molecule has 0 unspecified atom stereocenters. The van der Waals surface area contributed by atoms with E-state index < -0.39 is 0 Å². The fraction of sp³-hybridized carbons (Fsp3) is 0.125. The summed E-state index contributed by atoms with van der Waals surface area (Å²) in [5.41, 5.74) is 1.43. The van der Waals surface area contributed by atoms with Crippen LogP contribution in [0.3, 0.4) is 0 Å². The maximum absolute atomic E-state index is 11.2. The number of aryl methyl sites for hydroxylation is 1. The normalized spacial score (nSPS) is 11.0. The van der Waals surface area contributed by atoms with Crippen LogP contribution < -0.4 is 5.69 Å². The predicted molar refractivity (Wildman–Crippen MR) is 56.2 cm³/mol. The lowest BCUT2D eigenvalue weighted by Crippen LogP contribution is -2.11. The van der Waals surface area contributed by atoms with Crippen LogP contribution in [0.5, 0.6) is 0 Å². The first-order valence-electron chi connectivity index (χ1n) is 3.63. The molecule has 0 aliphatic heterocycles. The molecule has 3 nitrogen and oxygen atoms in total. The number of rotatable bonds is 0. The van der Waals surface area contributed by atoms with Crippen LogP contribution in [-0.2, 0) is 7.05 Å². The first kappa shape index (κ1) is 8.84. The summed E-state index contributed by atoms with van der Waals surface area (Å²) in [6.07, 6.45) is 0. The lowest BCUT2D eigenvalue weighted by atomic mass is 10.3. The van der Waals surface area contributed by atoms with E-state index in [0.29, 0.717) is 5.02 Å². The predicted octanol–water partition coefficient (Wildman–Crippen LogP) is 2.28. The fourth-order valence-electron chi connectivity index (χ4n) is 1.30. The Morgan fingerprint density at radius 2 is 2.23 bits per heavy atom. The lowest BCUT2D eigenvalue weighted by molar-refractivity contribution is 0.890. The number of H-pyrrole nitrogens is 1. The second-order valence-corrected chi connectivity index (χ2v) is 4.06. The van der Waals surface area contributed by atoms with Crippen molar-refractivity contribution in [2.24, 2.45) is 7.05 Å². The molecule has 1 N–H and O–H groups in total. The molecule has 0 spiro atoms. The molecule has 68 valence electrons. The third-order valence-electron chi connectivity index (χ3n) is 1.91. The number of hydrogen-bond acceptors (Lipinski definition) is 1. The van der Waals surface area contributed by atoms with Crippen LogP contribution in [0, 0.1) is 0 Å². The number of nitrogens with zero attached hydrogens (tertiary/aromatic N) is 1. The monoisotopic (exact) mass is 260 g/mol. The summed E-state index contributed by atoms with van der Waals surface area (Å²) in [4.78, 5) is 13.9. The summed E-state index contributed by atoms with van der Waals surface area (Å²) in [6.45, 7) is 0. The molecule has 0 saturated heterocycles. The minimum Gasteiger partial charge on any atom is -0.305 e. The number of nitrogens with one attached hydrogen (secondary N) is 1. The van der Waals surface area contributed by atoms with Gasteiger partial charge < -0.3 is 4.98 Å². The second-order valence-electron chi connectivity index (χ2n) is 2.77. The van der Waals surface area contributed by atoms with Crippen LogP contribution in [0.2, 0.25) is 5.02 Å². The Kier molecular flexibility index (Phi) is 1.96. The zero-order valence-corrected chi connectivity index (χ0v) is 9.11. The summed E-state index contributed by atoms with van der Waals surface area (Å²) < 4.78 is 2.35. The first-order chi connectivity index (χ1) is 6.09. The van der Waals surface area contributed by atoms with Gasteiger partial charge in [-0.25, -0.2) is 4.79 Å². The average molecular weight is 262 g/mol. The van der Waals surface area contributed by atoms with Crippen LogP contribution >= 0.6 is 27.5 Å². The van der Waals surface area contributed by atoms with Gasteiger partial charge in [-0.2, -0.15) is 0 Å². The summed E-state index contributed by atoms with van der Waals surface area (Å²) in [6, 6.07) is 3.49. The molecule has 0 aliphatic carbocycles. The van der Waals surface area contributed by atoms with Crippen molar-refractivity contribution < 1.29 is 0 Å². The Morgan fingerprint density at radius 3 is 2.92 bits per heavy atom. The number of fused-ring (bicyclic) bond motifs is 1. The highest BCUT2D eigenvalue weighted by Gasteiger charge is 2.07. The van der Waals surface area contributed by atoms with Crippen molar-refractivity contribution in [3.8, 4) is 0 Å². The number of halogens is 2. The molecule has 13 heavy (non-hydrogen) atoms. The van der Waals surface area contributed by atoms with Crippen LogP contribution in [0.15, 0.2) is 21.4 Å². The van der Waals surface area contributed by atoms with Crippen molar-refractivity contribution in [3.63, 3.8) is 0 Å². The van der Waals surface area contributed by atoms with E-state index in [1.54, 1.807) is 19.2 Å². The molecule has 5 heteroatoms. The van der Waals surface area contributed by atoms with Gasteiger partial charge in [-0.15, -0.1) is 0 Å². The van der Waals surface area contributed by atoms with Gasteiger partial charge in [0.05, 0.1) is 11.0 Å². The van der Waals surface area contributed by atoms with E-state index in [1.807, 2.05) is 0 Å². The molecule has 0 bridgehead atoms. The van der Waals surface area contributed by atoms with Gasteiger partial charge in [0, 0.05) is 16.5 Å². The van der Waals surface area contributed by atoms with Crippen LogP contribution in [0.25, 0.3) is 11.0 Å². The van der Waals surface area contributed by atoms with Gasteiger partial charge in [0.25, 0.3) is 0 Å². The van der Waals surface area contributed by atoms with E-state index in [0.717, 1.165) is 15.5 Å². The van der Waals surface area contributed by atoms with Crippen LogP contribution in [0.4, 0.5) is 0 Å². The van der Waals surface area contributed by atoms with Crippen molar-refractivity contribution in [1.82, 2.24) is 9.55 Å². The van der Waals surface area contributed by atoms with Crippen LogP contribution in [0.1, 0.15) is 0 Å². The summed E-state index contributed by atoms with van der Waals surface area (Å²) in [5, 5.41) is 0.598. The minimum absolute atomic E-state index is 0.141. The molecular weight excluding hydrogens is 255 g/mol. The Balaban J connectivity index is 3.03. The molecule has 0 radical (unpaired) electrons. The van der Waals surface area contributed by atoms with Gasteiger partial charge in [0.15, 0.2) is 0 Å². The van der Waals surface area contributed by atoms with Crippen molar-refractivity contribution in [1.29, 1.82) is 0 Å². The zero-order valence-electron chi connectivity index (χ0n) is 6.77. The Labute approximate surface area is 87.4 Å². The van der Waals surface area contributed by atoms with E-state index in [1.165, 1.54) is 4.57 Å². The van der Waals surface area contributed by atoms with Crippen molar-refractivity contribution in [2.75, 3.05) is 0 Å². The second kappa shape index (κ2) is 2.89. The molecule has 2 rings (SSSR count). The van der Waals surface area contributed by atoms with E-state index >= 15 is 0 Å². The van der Waals surface area contributed by atoms with Gasteiger partial charge in [0.2, 0.25) is 0 Å². The number of aromatic amines is 1. The van der Waals surface area contributed by atoms with Gasteiger partial charge in [-0.05, 0) is 28.1 Å².